The second kappa shape index (κ2) is 8.52. The lowest BCUT2D eigenvalue weighted by molar-refractivity contribution is -0.215. The van der Waals surface area contributed by atoms with E-state index in [-0.39, 0.29) is 11.1 Å². The third kappa shape index (κ3) is 4.49. The lowest BCUT2D eigenvalue weighted by atomic mass is 9.68. The van der Waals surface area contributed by atoms with Crippen molar-refractivity contribution in [3.05, 3.63) is 41.0 Å². The number of rotatable bonds is 5. The Balaban J connectivity index is 1.78. The molecule has 4 rings (SSSR count). The molecule has 2 saturated carbocycles. The van der Waals surface area contributed by atoms with Gasteiger partial charge in [-0.05, 0) is 61.6 Å². The minimum atomic E-state index is -4.62. The number of hydrogen-bond acceptors (Lipinski definition) is 3. The highest BCUT2D eigenvalue weighted by atomic mass is 32.2. The topological polar surface area (TPSA) is 58.2 Å². The van der Waals surface area contributed by atoms with Gasteiger partial charge in [0.05, 0.1) is 0 Å². The highest BCUT2D eigenvalue weighted by molar-refractivity contribution is 7.98. The molecule has 31 heavy (non-hydrogen) atoms. The number of halogens is 3. The Kier molecular flexibility index (Phi) is 6.12. The third-order valence-electron chi connectivity index (χ3n) is 6.60. The summed E-state index contributed by atoms with van der Waals surface area (Å²) in [6.45, 7) is 1.88. The Morgan fingerprint density at radius 3 is 2.32 bits per heavy atom. The molecule has 0 aromatic heterocycles. The van der Waals surface area contributed by atoms with E-state index in [2.05, 4.69) is 10.0 Å². The van der Waals surface area contributed by atoms with Crippen molar-refractivity contribution >= 4 is 29.3 Å². The van der Waals surface area contributed by atoms with Crippen molar-refractivity contribution in [2.24, 2.45) is 5.92 Å². The number of carbonyl (C=O) groups excluding carboxylic acids is 2. The van der Waals surface area contributed by atoms with Crippen molar-refractivity contribution in [2.45, 2.75) is 75.3 Å². The first kappa shape index (κ1) is 22.2. The summed E-state index contributed by atoms with van der Waals surface area (Å²) in [6, 6.07) is 6.98. The first-order valence-electron chi connectivity index (χ1n) is 10.9. The van der Waals surface area contributed by atoms with E-state index >= 15 is 0 Å². The first-order valence-corrected chi connectivity index (χ1v) is 11.7. The number of amides is 2. The molecule has 2 N–H and O–H groups in total. The van der Waals surface area contributed by atoms with E-state index < -0.39 is 35.9 Å². The molecule has 1 aromatic rings. The van der Waals surface area contributed by atoms with E-state index in [1.54, 1.807) is 24.3 Å². The highest BCUT2D eigenvalue weighted by Crippen LogP contribution is 2.50. The van der Waals surface area contributed by atoms with Crippen molar-refractivity contribution in [1.29, 1.82) is 0 Å². The van der Waals surface area contributed by atoms with Crippen LogP contribution in [0.5, 0.6) is 0 Å². The monoisotopic (exact) mass is 452 g/mol. The molecule has 4 nitrogen and oxygen atoms in total. The van der Waals surface area contributed by atoms with Crippen LogP contribution in [0.25, 0.3) is 5.57 Å². The number of benzene rings is 1. The van der Waals surface area contributed by atoms with E-state index in [1.165, 1.54) is 11.9 Å². The normalized spacial score (nSPS) is 25.4. The van der Waals surface area contributed by atoms with Gasteiger partial charge in [-0.3, -0.25) is 14.3 Å². The van der Waals surface area contributed by atoms with E-state index in [9.17, 15) is 22.8 Å². The summed E-state index contributed by atoms with van der Waals surface area (Å²) in [4.78, 5) is 26.0. The van der Waals surface area contributed by atoms with Gasteiger partial charge in [0.25, 0.3) is 11.8 Å². The van der Waals surface area contributed by atoms with Gasteiger partial charge in [-0.2, -0.15) is 13.2 Å². The standard InChI is InChI=1S/C23H27F3N2O2S/c1-14-7-9-15(10-8-14)18-13-22(23(24,25)26,16-5-3-2-4-6-16)27-20(29)19(18)21(30)28-31-17-11-12-17/h7-10,16-17H,2-6,11-13H2,1H3,(H,27,29)(H,28,30). The molecular weight excluding hydrogens is 425 g/mol. The maximum Gasteiger partial charge on any atom is 0.412 e. The van der Waals surface area contributed by atoms with Crippen LogP contribution in [0.1, 0.15) is 62.5 Å². The van der Waals surface area contributed by atoms with E-state index in [1.807, 2.05) is 6.92 Å². The van der Waals surface area contributed by atoms with E-state index in [4.69, 9.17) is 0 Å². The van der Waals surface area contributed by atoms with Gasteiger partial charge >= 0.3 is 6.18 Å². The maximum atomic E-state index is 14.6. The van der Waals surface area contributed by atoms with Crippen LogP contribution in [-0.4, -0.2) is 28.8 Å². The molecule has 2 aliphatic carbocycles. The molecule has 0 saturated heterocycles. The summed E-state index contributed by atoms with van der Waals surface area (Å²) in [5, 5.41) is 2.61. The van der Waals surface area contributed by atoms with Crippen LogP contribution in [0.4, 0.5) is 13.2 Å². The fourth-order valence-corrected chi connectivity index (χ4v) is 5.42. The Hall–Kier alpha value is -1.96. The van der Waals surface area contributed by atoms with Crippen LogP contribution < -0.4 is 10.0 Å². The van der Waals surface area contributed by atoms with Gasteiger partial charge in [0, 0.05) is 11.7 Å². The van der Waals surface area contributed by atoms with Gasteiger partial charge in [0.15, 0.2) is 0 Å². The second-order valence-corrected chi connectivity index (χ2v) is 10.0. The van der Waals surface area contributed by atoms with Crippen LogP contribution in [0.3, 0.4) is 0 Å². The number of aryl methyl sites for hydroxylation is 1. The Labute approximate surface area is 184 Å². The number of hydrogen-bond donors (Lipinski definition) is 2. The van der Waals surface area contributed by atoms with Crippen molar-refractivity contribution < 1.29 is 22.8 Å². The molecule has 1 aliphatic heterocycles. The predicted molar refractivity (Wildman–Crippen MR) is 115 cm³/mol. The first-order chi connectivity index (χ1) is 14.7. The van der Waals surface area contributed by atoms with Crippen molar-refractivity contribution in [2.75, 3.05) is 0 Å². The smallest absolute Gasteiger partial charge is 0.337 e. The predicted octanol–water partition coefficient (Wildman–Crippen LogP) is 5.08. The molecule has 0 radical (unpaired) electrons. The Bertz CT molecular complexity index is 887. The van der Waals surface area contributed by atoms with Gasteiger partial charge in [-0.25, -0.2) is 0 Å². The Morgan fingerprint density at radius 1 is 1.10 bits per heavy atom. The molecule has 2 fully saturated rings. The van der Waals surface area contributed by atoms with Crippen LogP contribution >= 0.6 is 11.9 Å². The fourth-order valence-electron chi connectivity index (χ4n) is 4.67. The van der Waals surface area contributed by atoms with E-state index in [0.29, 0.717) is 36.5 Å². The molecule has 0 spiro atoms. The SMILES string of the molecule is Cc1ccc(C2=C(C(=O)NSC3CC3)C(=O)NC(C3CCCCC3)(C(F)(F)F)C2)cc1. The molecular formula is C23H27F3N2O2S. The van der Waals surface area contributed by atoms with Gasteiger partial charge in [0.1, 0.15) is 11.1 Å². The highest BCUT2D eigenvalue weighted by Gasteiger charge is 2.62. The molecule has 168 valence electrons. The number of carbonyl (C=O) groups is 2. The summed E-state index contributed by atoms with van der Waals surface area (Å²) < 4.78 is 46.3. The summed E-state index contributed by atoms with van der Waals surface area (Å²) >= 11 is 1.24. The van der Waals surface area contributed by atoms with Crippen LogP contribution in [0, 0.1) is 12.8 Å². The van der Waals surface area contributed by atoms with Crippen molar-refractivity contribution in [3.8, 4) is 0 Å². The average Bonchev–Trinajstić information content (AvgIpc) is 3.56. The molecule has 0 bridgehead atoms. The zero-order chi connectivity index (χ0) is 22.2. The van der Waals surface area contributed by atoms with Gasteiger partial charge < -0.3 is 5.32 Å². The number of nitrogens with one attached hydrogen (secondary N) is 2. The zero-order valence-corrected chi connectivity index (χ0v) is 18.3. The molecule has 3 aliphatic rings. The summed E-state index contributed by atoms with van der Waals surface area (Å²) in [6.07, 6.45) is 0.101. The fraction of sp³-hybridized carbons (Fsp3) is 0.565. The average molecular weight is 453 g/mol. The molecule has 1 heterocycles. The van der Waals surface area contributed by atoms with Crippen molar-refractivity contribution in [3.63, 3.8) is 0 Å². The molecule has 1 unspecified atom stereocenters. The lowest BCUT2D eigenvalue weighted by Crippen LogP contribution is -2.66. The van der Waals surface area contributed by atoms with Gasteiger partial charge in [0.2, 0.25) is 0 Å². The molecule has 2 amide bonds. The quantitative estimate of drug-likeness (QED) is 0.484. The molecule has 1 atom stereocenters. The van der Waals surface area contributed by atoms with Crippen LogP contribution in [0.15, 0.2) is 29.8 Å². The van der Waals surface area contributed by atoms with Crippen LogP contribution in [0.2, 0.25) is 0 Å². The van der Waals surface area contributed by atoms with Crippen molar-refractivity contribution in [1.82, 2.24) is 10.0 Å². The minimum absolute atomic E-state index is 0.181. The summed E-state index contributed by atoms with van der Waals surface area (Å²) in [5.41, 5.74) is -0.924. The van der Waals surface area contributed by atoms with Gasteiger partial charge in [-0.1, -0.05) is 49.1 Å². The Morgan fingerprint density at radius 2 is 1.74 bits per heavy atom. The summed E-state index contributed by atoms with van der Waals surface area (Å²) in [5.74, 6) is -2.25. The minimum Gasteiger partial charge on any atom is -0.337 e. The molecule has 1 aromatic carbocycles. The van der Waals surface area contributed by atoms with E-state index in [0.717, 1.165) is 24.8 Å². The maximum absolute atomic E-state index is 14.6. The summed E-state index contributed by atoms with van der Waals surface area (Å²) in [7, 11) is 0. The largest absolute Gasteiger partial charge is 0.412 e. The second-order valence-electron chi connectivity index (χ2n) is 8.90. The zero-order valence-electron chi connectivity index (χ0n) is 17.5. The third-order valence-corrected chi connectivity index (χ3v) is 7.71. The molecule has 8 heteroatoms. The number of alkyl halides is 3. The lowest BCUT2D eigenvalue weighted by Gasteiger charge is -2.47. The van der Waals surface area contributed by atoms with Crippen LogP contribution in [-0.2, 0) is 9.59 Å². The van der Waals surface area contributed by atoms with Gasteiger partial charge in [-0.15, -0.1) is 0 Å².